The van der Waals surface area contributed by atoms with E-state index in [2.05, 4.69) is 34.8 Å². The van der Waals surface area contributed by atoms with E-state index in [0.29, 0.717) is 6.61 Å². The molecule has 0 saturated heterocycles. The van der Waals surface area contributed by atoms with Gasteiger partial charge in [-0.2, -0.15) is 0 Å². The number of nitrogens with one attached hydrogen (secondary N) is 1. The third kappa shape index (κ3) is 3.84. The van der Waals surface area contributed by atoms with Gasteiger partial charge in [0.15, 0.2) is 0 Å². The fourth-order valence-electron chi connectivity index (χ4n) is 2.10. The number of para-hydroxylation sites is 1. The third-order valence-corrected chi connectivity index (χ3v) is 3.21. The number of hydrogen-bond acceptors (Lipinski definition) is 3. The standard InChI is InChI=1S/C16H23N3O/c1-3-9-17-12-14-7-5-6-8-15(14)20-13-16-18-10-11-19(16)4-2/h5-8,10-11,17H,3-4,9,12-13H2,1-2H3. The second kappa shape index (κ2) is 7.70. The first-order chi connectivity index (χ1) is 9.85. The fraction of sp³-hybridized carbons (Fsp3) is 0.438. The Labute approximate surface area is 120 Å². The smallest absolute Gasteiger partial charge is 0.146 e. The van der Waals surface area contributed by atoms with Gasteiger partial charge in [0.2, 0.25) is 0 Å². The second-order valence-electron chi connectivity index (χ2n) is 4.70. The lowest BCUT2D eigenvalue weighted by Gasteiger charge is -2.12. The average Bonchev–Trinajstić information content (AvgIpc) is 2.94. The Balaban J connectivity index is 1.98. The van der Waals surface area contributed by atoms with Gasteiger partial charge in [0.25, 0.3) is 0 Å². The molecule has 0 fully saturated rings. The van der Waals surface area contributed by atoms with Crippen LogP contribution in [0, 0.1) is 0 Å². The van der Waals surface area contributed by atoms with E-state index >= 15 is 0 Å². The minimum absolute atomic E-state index is 0.506. The highest BCUT2D eigenvalue weighted by molar-refractivity contribution is 5.33. The van der Waals surface area contributed by atoms with Gasteiger partial charge in [-0.25, -0.2) is 4.98 Å². The predicted octanol–water partition coefficient (Wildman–Crippen LogP) is 2.98. The van der Waals surface area contributed by atoms with Gasteiger partial charge in [0.05, 0.1) is 0 Å². The molecule has 4 nitrogen and oxygen atoms in total. The van der Waals surface area contributed by atoms with Gasteiger partial charge in [0, 0.05) is 31.0 Å². The molecular formula is C16H23N3O. The summed E-state index contributed by atoms with van der Waals surface area (Å²) < 4.78 is 8.03. The molecule has 0 radical (unpaired) electrons. The van der Waals surface area contributed by atoms with Crippen LogP contribution >= 0.6 is 0 Å². The van der Waals surface area contributed by atoms with Crippen molar-refractivity contribution in [2.75, 3.05) is 6.54 Å². The summed E-state index contributed by atoms with van der Waals surface area (Å²) in [6.45, 7) is 7.55. The molecule has 0 atom stereocenters. The van der Waals surface area contributed by atoms with Crippen molar-refractivity contribution < 1.29 is 4.74 Å². The summed E-state index contributed by atoms with van der Waals surface area (Å²) in [6, 6.07) is 8.17. The quantitative estimate of drug-likeness (QED) is 0.752. The molecule has 1 N–H and O–H groups in total. The molecule has 108 valence electrons. The maximum atomic E-state index is 5.93. The van der Waals surface area contributed by atoms with Crippen LogP contribution in [0.2, 0.25) is 0 Å². The lowest BCUT2D eigenvalue weighted by atomic mass is 10.2. The van der Waals surface area contributed by atoms with Crippen LogP contribution in [0.3, 0.4) is 0 Å². The van der Waals surface area contributed by atoms with Crippen LogP contribution in [0.5, 0.6) is 5.75 Å². The number of aryl methyl sites for hydroxylation is 1. The Morgan fingerprint density at radius 1 is 1.25 bits per heavy atom. The van der Waals surface area contributed by atoms with Crippen LogP contribution in [0.15, 0.2) is 36.7 Å². The molecule has 20 heavy (non-hydrogen) atoms. The second-order valence-corrected chi connectivity index (χ2v) is 4.70. The van der Waals surface area contributed by atoms with Crippen LogP contribution < -0.4 is 10.1 Å². The van der Waals surface area contributed by atoms with Crippen molar-refractivity contribution >= 4 is 0 Å². The summed E-state index contributed by atoms with van der Waals surface area (Å²) in [6.07, 6.45) is 4.93. The van der Waals surface area contributed by atoms with Crippen LogP contribution in [0.25, 0.3) is 0 Å². The Morgan fingerprint density at radius 3 is 2.90 bits per heavy atom. The van der Waals surface area contributed by atoms with Gasteiger partial charge < -0.3 is 14.6 Å². The zero-order valence-electron chi connectivity index (χ0n) is 12.3. The highest BCUT2D eigenvalue weighted by Gasteiger charge is 2.05. The molecule has 2 rings (SSSR count). The van der Waals surface area contributed by atoms with E-state index < -0.39 is 0 Å². The SMILES string of the molecule is CCCNCc1ccccc1OCc1nccn1CC. The Kier molecular flexibility index (Phi) is 5.62. The largest absolute Gasteiger partial charge is 0.485 e. The molecule has 0 spiro atoms. The highest BCUT2D eigenvalue weighted by Crippen LogP contribution is 2.19. The monoisotopic (exact) mass is 273 g/mol. The first-order valence-electron chi connectivity index (χ1n) is 7.26. The van der Waals surface area contributed by atoms with Gasteiger partial charge in [-0.1, -0.05) is 25.1 Å². The Hall–Kier alpha value is -1.81. The molecule has 1 aromatic carbocycles. The lowest BCUT2D eigenvalue weighted by Crippen LogP contribution is -2.15. The van der Waals surface area contributed by atoms with Crippen molar-refractivity contribution in [3.63, 3.8) is 0 Å². The number of rotatable bonds is 8. The molecule has 0 aliphatic rings. The van der Waals surface area contributed by atoms with Crippen LogP contribution in [-0.2, 0) is 19.7 Å². The number of benzene rings is 1. The number of nitrogens with zero attached hydrogens (tertiary/aromatic N) is 2. The van der Waals surface area contributed by atoms with Gasteiger partial charge in [0.1, 0.15) is 18.2 Å². The maximum absolute atomic E-state index is 5.93. The zero-order chi connectivity index (χ0) is 14.2. The van der Waals surface area contributed by atoms with E-state index in [1.54, 1.807) is 0 Å². The van der Waals surface area contributed by atoms with E-state index in [-0.39, 0.29) is 0 Å². The van der Waals surface area contributed by atoms with Gasteiger partial charge >= 0.3 is 0 Å². The van der Waals surface area contributed by atoms with Crippen molar-refractivity contribution in [1.29, 1.82) is 0 Å². The zero-order valence-corrected chi connectivity index (χ0v) is 12.3. The number of hydrogen-bond donors (Lipinski definition) is 1. The normalized spacial score (nSPS) is 10.7. The highest BCUT2D eigenvalue weighted by atomic mass is 16.5. The van der Waals surface area contributed by atoms with E-state index in [1.165, 1.54) is 5.56 Å². The summed E-state index contributed by atoms with van der Waals surface area (Å²) >= 11 is 0. The van der Waals surface area contributed by atoms with Gasteiger partial charge in [-0.3, -0.25) is 0 Å². The van der Waals surface area contributed by atoms with E-state index in [9.17, 15) is 0 Å². The molecule has 1 aromatic heterocycles. The average molecular weight is 273 g/mol. The number of ether oxygens (including phenoxy) is 1. The van der Waals surface area contributed by atoms with E-state index in [1.807, 2.05) is 30.6 Å². The molecule has 4 heteroatoms. The summed E-state index contributed by atoms with van der Waals surface area (Å²) in [5.41, 5.74) is 1.19. The first-order valence-corrected chi connectivity index (χ1v) is 7.26. The summed E-state index contributed by atoms with van der Waals surface area (Å²) in [5.74, 6) is 1.89. The molecule has 1 heterocycles. The first kappa shape index (κ1) is 14.6. The lowest BCUT2D eigenvalue weighted by molar-refractivity contribution is 0.286. The maximum Gasteiger partial charge on any atom is 0.146 e. The molecular weight excluding hydrogens is 250 g/mol. The van der Waals surface area contributed by atoms with Gasteiger partial charge in [-0.15, -0.1) is 0 Å². The van der Waals surface area contributed by atoms with Crippen molar-refractivity contribution in [1.82, 2.24) is 14.9 Å². The molecule has 0 aliphatic carbocycles. The Morgan fingerprint density at radius 2 is 2.10 bits per heavy atom. The molecule has 0 amide bonds. The fourth-order valence-corrected chi connectivity index (χ4v) is 2.10. The molecule has 2 aromatic rings. The van der Waals surface area contributed by atoms with Crippen molar-refractivity contribution in [3.05, 3.63) is 48.0 Å². The van der Waals surface area contributed by atoms with Crippen LogP contribution in [0.4, 0.5) is 0 Å². The Bertz CT molecular complexity index is 522. The summed E-state index contributed by atoms with van der Waals surface area (Å²) in [4.78, 5) is 4.33. The van der Waals surface area contributed by atoms with Crippen molar-refractivity contribution in [2.45, 2.75) is 40.0 Å². The number of aromatic nitrogens is 2. The van der Waals surface area contributed by atoms with E-state index in [4.69, 9.17) is 4.74 Å². The summed E-state index contributed by atoms with van der Waals surface area (Å²) in [5, 5.41) is 3.41. The van der Waals surface area contributed by atoms with Crippen LogP contribution in [-0.4, -0.2) is 16.1 Å². The topological polar surface area (TPSA) is 39.1 Å². The third-order valence-electron chi connectivity index (χ3n) is 3.21. The predicted molar refractivity (Wildman–Crippen MR) is 80.7 cm³/mol. The minimum atomic E-state index is 0.506. The molecule has 0 saturated carbocycles. The number of imidazole rings is 1. The minimum Gasteiger partial charge on any atom is -0.485 e. The van der Waals surface area contributed by atoms with Crippen molar-refractivity contribution in [3.8, 4) is 5.75 Å². The van der Waals surface area contributed by atoms with E-state index in [0.717, 1.165) is 37.6 Å². The van der Waals surface area contributed by atoms with Gasteiger partial charge in [-0.05, 0) is 26.0 Å². The van der Waals surface area contributed by atoms with Crippen molar-refractivity contribution in [2.24, 2.45) is 0 Å². The molecule has 0 aliphatic heterocycles. The molecule has 0 bridgehead atoms. The molecule has 0 unspecified atom stereocenters. The van der Waals surface area contributed by atoms with Crippen LogP contribution in [0.1, 0.15) is 31.7 Å². The summed E-state index contributed by atoms with van der Waals surface area (Å²) in [7, 11) is 0.